The van der Waals surface area contributed by atoms with E-state index < -0.39 is 0 Å². The molecule has 0 aliphatic heterocycles. The summed E-state index contributed by atoms with van der Waals surface area (Å²) in [6, 6.07) is 64.6. The third-order valence-electron chi connectivity index (χ3n) is 9.92. The van der Waals surface area contributed by atoms with E-state index in [4.69, 9.17) is 0 Å². The summed E-state index contributed by atoms with van der Waals surface area (Å²) < 4.78 is 2.42. The summed E-state index contributed by atoms with van der Waals surface area (Å²) in [4.78, 5) is 0. The van der Waals surface area contributed by atoms with Crippen LogP contribution in [0.2, 0.25) is 0 Å². The number of hydrogen-bond acceptors (Lipinski definition) is 0. The van der Waals surface area contributed by atoms with Crippen molar-refractivity contribution in [1.82, 2.24) is 4.57 Å². The molecule has 1 aromatic heterocycles. The first-order valence-corrected chi connectivity index (χ1v) is 16.3. The minimum Gasteiger partial charge on any atom is -0.309 e. The summed E-state index contributed by atoms with van der Waals surface area (Å²) in [6.45, 7) is 0. The molecule has 10 aromatic rings. The molecule has 1 nitrogen and oxygen atoms in total. The Labute approximate surface area is 272 Å². The highest BCUT2D eigenvalue weighted by Gasteiger charge is 2.19. The van der Waals surface area contributed by atoms with Gasteiger partial charge in [0.2, 0.25) is 0 Å². The van der Waals surface area contributed by atoms with Gasteiger partial charge in [-0.3, -0.25) is 0 Å². The van der Waals surface area contributed by atoms with Crippen molar-refractivity contribution in [2.45, 2.75) is 0 Å². The molecule has 0 aliphatic rings. The maximum Gasteiger partial charge on any atom is 0.0541 e. The Morgan fingerprint density at radius 2 is 0.723 bits per heavy atom. The van der Waals surface area contributed by atoms with E-state index in [-0.39, 0.29) is 0 Å². The predicted octanol–water partition coefficient (Wildman–Crippen LogP) is 12.7. The maximum atomic E-state index is 2.42. The highest BCUT2D eigenvalue weighted by molar-refractivity contribution is 6.22. The highest BCUT2D eigenvalue weighted by Crippen LogP contribution is 2.45. The van der Waals surface area contributed by atoms with Crippen molar-refractivity contribution in [1.29, 1.82) is 0 Å². The van der Waals surface area contributed by atoms with E-state index in [9.17, 15) is 0 Å². The Morgan fingerprint density at radius 1 is 0.277 bits per heavy atom. The van der Waals surface area contributed by atoms with Crippen LogP contribution in [0.5, 0.6) is 0 Å². The Hall–Kier alpha value is -6.18. The van der Waals surface area contributed by atoms with E-state index in [1.807, 2.05) is 0 Å². The summed E-state index contributed by atoms with van der Waals surface area (Å²) in [5.41, 5.74) is 8.67. The molecule has 0 saturated heterocycles. The van der Waals surface area contributed by atoms with Gasteiger partial charge in [0.25, 0.3) is 0 Å². The molecule has 0 aliphatic carbocycles. The van der Waals surface area contributed by atoms with Gasteiger partial charge in [-0.25, -0.2) is 0 Å². The van der Waals surface area contributed by atoms with Gasteiger partial charge in [0.1, 0.15) is 0 Å². The van der Waals surface area contributed by atoms with Crippen LogP contribution in [-0.4, -0.2) is 4.57 Å². The Balaban J connectivity index is 1.25. The lowest BCUT2D eigenvalue weighted by Gasteiger charge is -2.18. The van der Waals surface area contributed by atoms with E-state index >= 15 is 0 Å². The first kappa shape index (κ1) is 26.1. The normalized spacial score (nSPS) is 11.8. The van der Waals surface area contributed by atoms with Gasteiger partial charge in [0.05, 0.1) is 11.0 Å². The standard InChI is InChI=1S/C46H29N/c1-3-13-32-27-34(22-21-30(32)11-1)45-38-16-5-7-18-40(38)46(41-19-8-6-17-39(41)45)35-24-26-44-42(29-35)37-15-9-10-20-43(37)47(44)36-25-23-31-12-2-4-14-33(31)28-36/h1-29H. The molecule has 0 radical (unpaired) electrons. The average Bonchev–Trinajstić information content (AvgIpc) is 3.47. The molecule has 0 unspecified atom stereocenters. The van der Waals surface area contributed by atoms with Crippen molar-refractivity contribution in [2.75, 3.05) is 0 Å². The second-order valence-corrected chi connectivity index (χ2v) is 12.5. The minimum atomic E-state index is 1.18. The summed E-state index contributed by atoms with van der Waals surface area (Å²) in [7, 11) is 0. The van der Waals surface area contributed by atoms with Crippen molar-refractivity contribution < 1.29 is 0 Å². The molecule has 0 amide bonds. The zero-order valence-electron chi connectivity index (χ0n) is 25.7. The van der Waals surface area contributed by atoms with Crippen LogP contribution in [0.15, 0.2) is 176 Å². The smallest absolute Gasteiger partial charge is 0.0541 e. The lowest BCUT2D eigenvalue weighted by molar-refractivity contribution is 1.19. The Kier molecular flexibility index (Phi) is 5.64. The molecule has 218 valence electrons. The third-order valence-corrected chi connectivity index (χ3v) is 9.92. The van der Waals surface area contributed by atoms with E-state index in [0.717, 1.165) is 0 Å². The molecule has 47 heavy (non-hydrogen) atoms. The number of fused-ring (bicyclic) bond motifs is 7. The van der Waals surface area contributed by atoms with E-state index in [2.05, 4.69) is 180 Å². The van der Waals surface area contributed by atoms with E-state index in [1.54, 1.807) is 0 Å². The van der Waals surface area contributed by atoms with Gasteiger partial charge >= 0.3 is 0 Å². The summed E-state index contributed by atoms with van der Waals surface area (Å²) in [5.74, 6) is 0. The molecule has 0 saturated carbocycles. The summed E-state index contributed by atoms with van der Waals surface area (Å²) in [6.07, 6.45) is 0. The van der Waals surface area contributed by atoms with Crippen LogP contribution in [-0.2, 0) is 0 Å². The monoisotopic (exact) mass is 595 g/mol. The predicted molar refractivity (Wildman–Crippen MR) is 202 cm³/mol. The number of aromatic nitrogens is 1. The van der Waals surface area contributed by atoms with Crippen LogP contribution in [0, 0.1) is 0 Å². The van der Waals surface area contributed by atoms with Crippen LogP contribution in [0.3, 0.4) is 0 Å². The van der Waals surface area contributed by atoms with Crippen LogP contribution in [0.1, 0.15) is 0 Å². The Bertz CT molecular complexity index is 2800. The molecule has 0 N–H and O–H groups in total. The van der Waals surface area contributed by atoms with Gasteiger partial charge in [-0.05, 0) is 102 Å². The maximum absolute atomic E-state index is 2.42. The third kappa shape index (κ3) is 3.97. The van der Waals surface area contributed by atoms with Gasteiger partial charge in [0.15, 0.2) is 0 Å². The van der Waals surface area contributed by atoms with Crippen LogP contribution < -0.4 is 0 Å². The zero-order chi connectivity index (χ0) is 30.9. The second kappa shape index (κ2) is 10.2. The fourth-order valence-electron chi connectivity index (χ4n) is 7.82. The summed E-state index contributed by atoms with van der Waals surface area (Å²) in [5, 5.41) is 12.6. The second-order valence-electron chi connectivity index (χ2n) is 12.5. The molecule has 0 fully saturated rings. The van der Waals surface area contributed by atoms with Gasteiger partial charge < -0.3 is 4.57 Å². The number of rotatable bonds is 3. The fourth-order valence-corrected chi connectivity index (χ4v) is 7.82. The van der Waals surface area contributed by atoms with Crippen molar-refractivity contribution in [3.05, 3.63) is 176 Å². The van der Waals surface area contributed by atoms with Crippen LogP contribution in [0.4, 0.5) is 0 Å². The first-order valence-electron chi connectivity index (χ1n) is 16.3. The van der Waals surface area contributed by atoms with Crippen molar-refractivity contribution in [2.24, 2.45) is 0 Å². The quantitative estimate of drug-likeness (QED) is 0.179. The van der Waals surface area contributed by atoms with E-state index in [1.165, 1.54) is 92.8 Å². The Morgan fingerprint density at radius 3 is 1.36 bits per heavy atom. The van der Waals surface area contributed by atoms with Crippen LogP contribution in [0.25, 0.3) is 92.8 Å². The SMILES string of the molecule is c1ccc2cc(-c3c4ccccc4c(-c4ccc5c(c4)c4ccccc4n5-c4ccc5ccccc5c4)c4ccccc34)ccc2c1. The zero-order valence-corrected chi connectivity index (χ0v) is 25.7. The molecule has 9 aromatic carbocycles. The first-order chi connectivity index (χ1) is 23.3. The summed E-state index contributed by atoms with van der Waals surface area (Å²) >= 11 is 0. The van der Waals surface area contributed by atoms with Crippen molar-refractivity contribution in [3.63, 3.8) is 0 Å². The molecular weight excluding hydrogens is 567 g/mol. The number of hydrogen-bond donors (Lipinski definition) is 0. The van der Waals surface area contributed by atoms with Crippen molar-refractivity contribution in [3.8, 4) is 27.9 Å². The average molecular weight is 596 g/mol. The molecule has 0 bridgehead atoms. The number of para-hydroxylation sites is 1. The topological polar surface area (TPSA) is 4.93 Å². The molecule has 0 spiro atoms. The lowest BCUT2D eigenvalue weighted by atomic mass is 9.85. The number of nitrogens with zero attached hydrogens (tertiary/aromatic N) is 1. The van der Waals surface area contributed by atoms with E-state index in [0.29, 0.717) is 0 Å². The molecular formula is C46H29N. The molecule has 1 heteroatoms. The fraction of sp³-hybridized carbons (Fsp3) is 0. The molecule has 10 rings (SSSR count). The minimum absolute atomic E-state index is 1.18. The van der Waals surface area contributed by atoms with Gasteiger partial charge in [-0.1, -0.05) is 140 Å². The molecule has 1 heterocycles. The highest BCUT2D eigenvalue weighted by atomic mass is 15.0. The van der Waals surface area contributed by atoms with Gasteiger partial charge in [0, 0.05) is 16.5 Å². The largest absolute Gasteiger partial charge is 0.309 e. The van der Waals surface area contributed by atoms with Crippen molar-refractivity contribution >= 4 is 64.9 Å². The number of benzene rings is 9. The molecule has 0 atom stereocenters. The van der Waals surface area contributed by atoms with Crippen LogP contribution >= 0.6 is 0 Å². The van der Waals surface area contributed by atoms with Gasteiger partial charge in [-0.15, -0.1) is 0 Å². The van der Waals surface area contributed by atoms with Gasteiger partial charge in [-0.2, -0.15) is 0 Å². The lowest BCUT2D eigenvalue weighted by Crippen LogP contribution is -1.94.